The molecule has 0 spiro atoms. The van der Waals surface area contributed by atoms with Gasteiger partial charge in [0.25, 0.3) is 0 Å². The van der Waals surface area contributed by atoms with E-state index in [1.807, 2.05) is 0 Å². The smallest absolute Gasteiger partial charge is 0.0775 e. The zero-order valence-electron chi connectivity index (χ0n) is 11.0. The molecule has 0 aliphatic heterocycles. The standard InChI is InChI=1S/C13H24N2Si/c1-15(10-9-14)11-12-5-7-13(8-6-12)16(2,3)4/h5-8H,9-11,14H2,1-4H3. The quantitative estimate of drug-likeness (QED) is 0.787. The van der Waals surface area contributed by atoms with Gasteiger partial charge in [-0.1, -0.05) is 49.1 Å². The van der Waals surface area contributed by atoms with Gasteiger partial charge >= 0.3 is 0 Å². The van der Waals surface area contributed by atoms with Crippen LogP contribution < -0.4 is 10.9 Å². The highest BCUT2D eigenvalue weighted by molar-refractivity contribution is 6.88. The predicted molar refractivity (Wildman–Crippen MR) is 74.8 cm³/mol. The molecular weight excluding hydrogens is 212 g/mol. The van der Waals surface area contributed by atoms with Gasteiger partial charge in [-0.2, -0.15) is 0 Å². The Morgan fingerprint density at radius 3 is 2.12 bits per heavy atom. The molecule has 0 aliphatic carbocycles. The van der Waals surface area contributed by atoms with E-state index in [0.717, 1.165) is 19.6 Å². The molecule has 0 aliphatic rings. The van der Waals surface area contributed by atoms with Crippen molar-refractivity contribution >= 4 is 13.3 Å². The molecule has 1 aromatic carbocycles. The lowest BCUT2D eigenvalue weighted by molar-refractivity contribution is 0.336. The SMILES string of the molecule is CN(CCN)Cc1ccc([Si](C)(C)C)cc1. The van der Waals surface area contributed by atoms with Crippen molar-refractivity contribution < 1.29 is 0 Å². The van der Waals surface area contributed by atoms with Gasteiger partial charge in [-0.05, 0) is 12.6 Å². The van der Waals surface area contributed by atoms with Gasteiger partial charge < -0.3 is 10.6 Å². The van der Waals surface area contributed by atoms with Crippen LogP contribution in [-0.4, -0.2) is 33.1 Å². The van der Waals surface area contributed by atoms with Crippen molar-refractivity contribution in [2.24, 2.45) is 5.73 Å². The normalized spacial score (nSPS) is 12.1. The first-order chi connectivity index (χ1) is 7.43. The van der Waals surface area contributed by atoms with Crippen molar-refractivity contribution in [3.8, 4) is 0 Å². The molecule has 2 N–H and O–H groups in total. The minimum Gasteiger partial charge on any atom is -0.329 e. The second-order valence-corrected chi connectivity index (χ2v) is 10.6. The number of benzene rings is 1. The second kappa shape index (κ2) is 5.62. The minimum absolute atomic E-state index is 0.726. The van der Waals surface area contributed by atoms with E-state index in [1.165, 1.54) is 10.8 Å². The third kappa shape index (κ3) is 4.08. The number of nitrogens with zero attached hydrogens (tertiary/aromatic N) is 1. The summed E-state index contributed by atoms with van der Waals surface area (Å²) in [6.45, 7) is 9.80. The molecule has 0 radical (unpaired) electrons. The highest BCUT2D eigenvalue weighted by Crippen LogP contribution is 2.06. The first-order valence-corrected chi connectivity index (χ1v) is 9.41. The van der Waals surface area contributed by atoms with Gasteiger partial charge in [-0.15, -0.1) is 0 Å². The molecule has 0 heterocycles. The predicted octanol–water partition coefficient (Wildman–Crippen LogP) is 1.62. The highest BCUT2D eigenvalue weighted by atomic mass is 28.3. The molecular formula is C13H24N2Si. The van der Waals surface area contributed by atoms with Crippen molar-refractivity contribution in [1.82, 2.24) is 4.90 Å². The number of hydrogen-bond acceptors (Lipinski definition) is 2. The average molecular weight is 236 g/mol. The summed E-state index contributed by atoms with van der Waals surface area (Å²) in [6.07, 6.45) is 0. The lowest BCUT2D eigenvalue weighted by Crippen LogP contribution is -2.37. The summed E-state index contributed by atoms with van der Waals surface area (Å²) in [7, 11) is 0.965. The van der Waals surface area contributed by atoms with E-state index >= 15 is 0 Å². The third-order valence-corrected chi connectivity index (χ3v) is 4.85. The van der Waals surface area contributed by atoms with Crippen molar-refractivity contribution in [3.05, 3.63) is 29.8 Å². The first-order valence-electron chi connectivity index (χ1n) is 5.91. The Labute approximate surface area is 100 Å². The summed E-state index contributed by atoms with van der Waals surface area (Å²) in [5, 5.41) is 1.53. The minimum atomic E-state index is -1.14. The lowest BCUT2D eigenvalue weighted by Gasteiger charge is -2.19. The van der Waals surface area contributed by atoms with Crippen molar-refractivity contribution in [2.75, 3.05) is 20.1 Å². The van der Waals surface area contributed by atoms with E-state index in [0.29, 0.717) is 0 Å². The summed E-state index contributed by atoms with van der Waals surface area (Å²) < 4.78 is 0. The van der Waals surface area contributed by atoms with Crippen LogP contribution in [0.15, 0.2) is 24.3 Å². The Hall–Kier alpha value is -0.643. The van der Waals surface area contributed by atoms with Crippen molar-refractivity contribution in [3.63, 3.8) is 0 Å². The van der Waals surface area contributed by atoms with Gasteiger partial charge in [-0.25, -0.2) is 0 Å². The fourth-order valence-electron chi connectivity index (χ4n) is 1.72. The zero-order chi connectivity index (χ0) is 12.2. The third-order valence-electron chi connectivity index (χ3n) is 2.78. The number of likely N-dealkylation sites (N-methyl/N-ethyl adjacent to an activating group) is 1. The first kappa shape index (κ1) is 13.4. The van der Waals surface area contributed by atoms with E-state index in [-0.39, 0.29) is 0 Å². The van der Waals surface area contributed by atoms with Gasteiger partial charge in [-0.3, -0.25) is 0 Å². The fraction of sp³-hybridized carbons (Fsp3) is 0.538. The van der Waals surface area contributed by atoms with Crippen LogP contribution in [0.3, 0.4) is 0 Å². The number of hydrogen-bond donors (Lipinski definition) is 1. The second-order valence-electron chi connectivity index (χ2n) is 5.47. The Kier molecular flexibility index (Phi) is 4.71. The lowest BCUT2D eigenvalue weighted by atomic mass is 10.2. The molecule has 16 heavy (non-hydrogen) atoms. The van der Waals surface area contributed by atoms with Crippen LogP contribution in [0.2, 0.25) is 19.6 Å². The molecule has 0 bridgehead atoms. The number of rotatable bonds is 5. The summed E-state index contributed by atoms with van der Waals surface area (Å²) in [6, 6.07) is 9.08. The van der Waals surface area contributed by atoms with Gasteiger partial charge in [0.2, 0.25) is 0 Å². The summed E-state index contributed by atoms with van der Waals surface area (Å²) in [5.74, 6) is 0. The van der Waals surface area contributed by atoms with Crippen LogP contribution >= 0.6 is 0 Å². The van der Waals surface area contributed by atoms with E-state index < -0.39 is 8.07 Å². The van der Waals surface area contributed by atoms with E-state index in [9.17, 15) is 0 Å². The highest BCUT2D eigenvalue weighted by Gasteiger charge is 2.15. The maximum atomic E-state index is 5.53. The maximum Gasteiger partial charge on any atom is 0.0775 e. The number of nitrogens with two attached hydrogens (primary N) is 1. The molecule has 1 aromatic rings. The van der Waals surface area contributed by atoms with Crippen molar-refractivity contribution in [1.29, 1.82) is 0 Å². The van der Waals surface area contributed by atoms with Crippen molar-refractivity contribution in [2.45, 2.75) is 26.2 Å². The van der Waals surface area contributed by atoms with Crippen LogP contribution in [0.5, 0.6) is 0 Å². The van der Waals surface area contributed by atoms with Gasteiger partial charge in [0.05, 0.1) is 8.07 Å². The average Bonchev–Trinajstić information content (AvgIpc) is 2.17. The van der Waals surface area contributed by atoms with Crippen LogP contribution in [-0.2, 0) is 6.54 Å². The van der Waals surface area contributed by atoms with E-state index in [4.69, 9.17) is 5.73 Å². The molecule has 90 valence electrons. The fourth-order valence-corrected chi connectivity index (χ4v) is 2.89. The molecule has 3 heteroatoms. The van der Waals surface area contributed by atoms with Crippen LogP contribution in [0.1, 0.15) is 5.56 Å². The molecule has 0 unspecified atom stereocenters. The van der Waals surface area contributed by atoms with Gasteiger partial charge in [0.1, 0.15) is 0 Å². The maximum absolute atomic E-state index is 5.53. The summed E-state index contributed by atoms with van der Waals surface area (Å²) >= 11 is 0. The summed E-state index contributed by atoms with van der Waals surface area (Å²) in [5.41, 5.74) is 6.90. The Morgan fingerprint density at radius 2 is 1.69 bits per heavy atom. The Morgan fingerprint density at radius 1 is 1.12 bits per heavy atom. The molecule has 0 saturated heterocycles. The van der Waals surface area contributed by atoms with Gasteiger partial charge in [0.15, 0.2) is 0 Å². The van der Waals surface area contributed by atoms with Crippen LogP contribution in [0, 0.1) is 0 Å². The topological polar surface area (TPSA) is 29.3 Å². The largest absolute Gasteiger partial charge is 0.329 e. The monoisotopic (exact) mass is 236 g/mol. The van der Waals surface area contributed by atoms with E-state index in [1.54, 1.807) is 0 Å². The molecule has 1 rings (SSSR count). The van der Waals surface area contributed by atoms with Gasteiger partial charge in [0, 0.05) is 19.6 Å². The van der Waals surface area contributed by atoms with Crippen LogP contribution in [0.25, 0.3) is 0 Å². The molecule has 0 atom stereocenters. The molecule has 2 nitrogen and oxygen atoms in total. The zero-order valence-corrected chi connectivity index (χ0v) is 12.0. The molecule has 0 aromatic heterocycles. The van der Waals surface area contributed by atoms with Crippen LogP contribution in [0.4, 0.5) is 0 Å². The Balaban J connectivity index is 2.65. The summed E-state index contributed by atoms with van der Waals surface area (Å²) in [4.78, 5) is 2.25. The van der Waals surface area contributed by atoms with E-state index in [2.05, 4.69) is 55.9 Å². The molecule has 0 fully saturated rings. The molecule has 0 amide bonds. The molecule has 0 saturated carbocycles. The Bertz CT molecular complexity index is 314.